The summed E-state index contributed by atoms with van der Waals surface area (Å²) in [5.41, 5.74) is 1.58. The summed E-state index contributed by atoms with van der Waals surface area (Å²) in [7, 11) is -3.96. The van der Waals surface area contributed by atoms with Crippen molar-refractivity contribution in [1.82, 2.24) is 9.78 Å². The molecule has 0 saturated carbocycles. The van der Waals surface area contributed by atoms with E-state index in [9.17, 15) is 18.3 Å². The molecule has 0 spiro atoms. The van der Waals surface area contributed by atoms with Crippen LogP contribution in [0.1, 0.15) is 11.3 Å². The second-order valence-electron chi connectivity index (χ2n) is 5.96. The Hall–Kier alpha value is -3.24. The number of sulfonamides is 1. The Bertz CT molecular complexity index is 1210. The largest absolute Gasteiger partial charge is 0.506 e. The first kappa shape index (κ1) is 18.5. The second kappa shape index (κ2) is 6.82. The van der Waals surface area contributed by atoms with E-state index < -0.39 is 15.6 Å². The number of primary sulfonamides is 1. The zero-order valence-corrected chi connectivity index (χ0v) is 15.4. The number of nitrogens with two attached hydrogens (primary N) is 1. The molecule has 140 valence electrons. The van der Waals surface area contributed by atoms with Gasteiger partial charge in [-0.15, -0.1) is 10.2 Å². The molecule has 2 aromatic carbocycles. The Morgan fingerprint density at radius 3 is 2.52 bits per heavy atom. The van der Waals surface area contributed by atoms with Gasteiger partial charge in [-0.3, -0.25) is 9.89 Å². The van der Waals surface area contributed by atoms with E-state index in [1.807, 2.05) is 25.1 Å². The molecule has 0 unspecified atom stereocenters. The van der Waals surface area contributed by atoms with Gasteiger partial charge < -0.3 is 5.11 Å². The normalized spacial score (nSPS) is 12.0. The maximum atomic E-state index is 12.6. The summed E-state index contributed by atoms with van der Waals surface area (Å²) in [4.78, 5) is 12.4. The van der Waals surface area contributed by atoms with E-state index in [-0.39, 0.29) is 22.0 Å². The Morgan fingerprint density at radius 1 is 1.11 bits per heavy atom. The van der Waals surface area contributed by atoms with Crippen LogP contribution >= 0.6 is 0 Å². The second-order valence-corrected chi connectivity index (χ2v) is 7.52. The minimum Gasteiger partial charge on any atom is -0.506 e. The first-order chi connectivity index (χ1) is 12.7. The molecule has 1 heterocycles. The molecule has 1 aromatic heterocycles. The molecular formula is C17H17N5O4S. The molecule has 0 amide bonds. The van der Waals surface area contributed by atoms with E-state index in [4.69, 9.17) is 5.14 Å². The van der Waals surface area contributed by atoms with Gasteiger partial charge in [0.15, 0.2) is 5.69 Å². The zero-order chi connectivity index (χ0) is 19.8. The van der Waals surface area contributed by atoms with Crippen LogP contribution < -0.4 is 10.7 Å². The fraction of sp³-hybridized carbons (Fsp3) is 0.118. The van der Waals surface area contributed by atoms with Crippen molar-refractivity contribution in [3.8, 4) is 11.4 Å². The topological polar surface area (TPSA) is 143 Å². The smallest absolute Gasteiger partial charge is 0.299 e. The van der Waals surface area contributed by atoms with Crippen molar-refractivity contribution >= 4 is 21.4 Å². The predicted octanol–water partition coefficient (Wildman–Crippen LogP) is 2.55. The molecule has 0 aliphatic rings. The molecule has 4 N–H and O–H groups in total. The van der Waals surface area contributed by atoms with E-state index >= 15 is 0 Å². The molecule has 3 rings (SSSR count). The van der Waals surface area contributed by atoms with Crippen molar-refractivity contribution in [2.24, 2.45) is 15.4 Å². The monoisotopic (exact) mass is 387 g/mol. The zero-order valence-electron chi connectivity index (χ0n) is 14.5. The first-order valence-corrected chi connectivity index (χ1v) is 9.37. The average Bonchev–Trinajstić information content (AvgIpc) is 2.87. The van der Waals surface area contributed by atoms with Crippen LogP contribution in [0.25, 0.3) is 5.69 Å². The lowest BCUT2D eigenvalue weighted by atomic mass is 10.2. The summed E-state index contributed by atoms with van der Waals surface area (Å²) in [6, 6.07) is 10.7. The van der Waals surface area contributed by atoms with Crippen LogP contribution in [-0.2, 0) is 10.0 Å². The molecule has 0 aliphatic heterocycles. The van der Waals surface area contributed by atoms with Crippen LogP contribution in [0.15, 0.2) is 62.4 Å². The highest BCUT2D eigenvalue weighted by Crippen LogP contribution is 2.30. The van der Waals surface area contributed by atoms with Crippen molar-refractivity contribution in [3.63, 3.8) is 0 Å². The minimum atomic E-state index is -3.96. The highest BCUT2D eigenvalue weighted by atomic mass is 32.2. The minimum absolute atomic E-state index is 0.0388. The van der Waals surface area contributed by atoms with Gasteiger partial charge in [-0.2, -0.15) is 0 Å². The molecule has 3 aromatic rings. The Balaban J connectivity index is 2.04. The number of aromatic amines is 1. The Labute approximate surface area is 154 Å². The maximum Gasteiger partial charge on any atom is 0.299 e. The van der Waals surface area contributed by atoms with Crippen LogP contribution in [0, 0.1) is 13.8 Å². The van der Waals surface area contributed by atoms with E-state index in [1.54, 1.807) is 13.0 Å². The lowest BCUT2D eigenvalue weighted by Gasteiger charge is -2.02. The summed E-state index contributed by atoms with van der Waals surface area (Å²) >= 11 is 0. The number of phenols is 1. The molecular weight excluding hydrogens is 370 g/mol. The van der Waals surface area contributed by atoms with Gasteiger partial charge in [0.25, 0.3) is 5.56 Å². The highest BCUT2D eigenvalue weighted by Gasteiger charge is 2.14. The quantitative estimate of drug-likeness (QED) is 0.591. The summed E-state index contributed by atoms with van der Waals surface area (Å²) in [5.74, 6) is -0.293. The van der Waals surface area contributed by atoms with E-state index in [2.05, 4.69) is 15.3 Å². The fourth-order valence-electron chi connectivity index (χ4n) is 2.47. The molecule has 0 aliphatic carbocycles. The van der Waals surface area contributed by atoms with E-state index in [0.29, 0.717) is 11.4 Å². The predicted molar refractivity (Wildman–Crippen MR) is 99.5 cm³/mol. The van der Waals surface area contributed by atoms with Crippen LogP contribution in [0.3, 0.4) is 0 Å². The molecule has 0 saturated heterocycles. The maximum absolute atomic E-state index is 12.6. The fourth-order valence-corrected chi connectivity index (χ4v) is 3.00. The number of rotatable bonds is 4. The summed E-state index contributed by atoms with van der Waals surface area (Å²) in [6.45, 7) is 3.56. The third-order valence-corrected chi connectivity index (χ3v) is 4.74. The summed E-state index contributed by atoms with van der Waals surface area (Å²) in [5, 5.41) is 25.5. The first-order valence-electron chi connectivity index (χ1n) is 7.83. The molecule has 0 bridgehead atoms. The third-order valence-electron chi connectivity index (χ3n) is 3.83. The van der Waals surface area contributed by atoms with Crippen LogP contribution in [-0.4, -0.2) is 23.3 Å². The number of hydrogen-bond acceptors (Lipinski definition) is 6. The molecule has 27 heavy (non-hydrogen) atoms. The van der Waals surface area contributed by atoms with Gasteiger partial charge in [0.05, 0.1) is 16.3 Å². The van der Waals surface area contributed by atoms with Crippen LogP contribution in [0.2, 0.25) is 0 Å². The molecule has 9 nitrogen and oxygen atoms in total. The van der Waals surface area contributed by atoms with Crippen LogP contribution in [0.5, 0.6) is 5.75 Å². The van der Waals surface area contributed by atoms with Crippen molar-refractivity contribution < 1.29 is 13.5 Å². The highest BCUT2D eigenvalue weighted by molar-refractivity contribution is 7.89. The van der Waals surface area contributed by atoms with E-state index in [0.717, 1.165) is 23.8 Å². The number of aromatic hydroxyl groups is 1. The molecule has 0 fully saturated rings. The Kier molecular flexibility index (Phi) is 4.68. The SMILES string of the molecule is Cc1cccc(-n2[nH]c(C)c(N=Nc3cc(S(N)(=O)=O)ccc3O)c2=O)c1. The van der Waals surface area contributed by atoms with Crippen molar-refractivity contribution in [3.05, 3.63) is 64.1 Å². The number of benzene rings is 2. The lowest BCUT2D eigenvalue weighted by molar-refractivity contribution is 0.476. The van der Waals surface area contributed by atoms with Crippen molar-refractivity contribution in [2.45, 2.75) is 18.7 Å². The number of nitrogens with one attached hydrogen (secondary N) is 1. The van der Waals surface area contributed by atoms with Crippen molar-refractivity contribution in [2.75, 3.05) is 0 Å². The summed E-state index contributed by atoms with van der Waals surface area (Å²) in [6.07, 6.45) is 0. The van der Waals surface area contributed by atoms with Gasteiger partial charge in [0.2, 0.25) is 10.0 Å². The third kappa shape index (κ3) is 3.81. The van der Waals surface area contributed by atoms with Gasteiger partial charge in [0, 0.05) is 0 Å². The lowest BCUT2D eigenvalue weighted by Crippen LogP contribution is -2.14. The number of azo groups is 1. The number of aryl methyl sites for hydroxylation is 2. The standard InChI is InChI=1S/C17H17N5O4S/c1-10-4-3-5-12(8-10)22-17(24)16(11(2)21-22)20-19-14-9-13(27(18,25)26)6-7-15(14)23/h3-9,21,23H,1-2H3,(H2,18,25,26). The molecule has 10 heteroatoms. The Morgan fingerprint density at radius 2 is 1.85 bits per heavy atom. The van der Waals surface area contributed by atoms with Gasteiger partial charge >= 0.3 is 0 Å². The molecule has 0 atom stereocenters. The average molecular weight is 387 g/mol. The van der Waals surface area contributed by atoms with Gasteiger partial charge in [-0.1, -0.05) is 12.1 Å². The van der Waals surface area contributed by atoms with E-state index in [1.165, 1.54) is 4.68 Å². The molecule has 0 radical (unpaired) electrons. The van der Waals surface area contributed by atoms with Gasteiger partial charge in [-0.25, -0.2) is 18.2 Å². The summed E-state index contributed by atoms with van der Waals surface area (Å²) < 4.78 is 24.2. The number of phenolic OH excluding ortho intramolecular Hbond substituents is 1. The number of hydrogen-bond donors (Lipinski definition) is 3. The van der Waals surface area contributed by atoms with Gasteiger partial charge in [-0.05, 0) is 49.7 Å². The van der Waals surface area contributed by atoms with Crippen molar-refractivity contribution in [1.29, 1.82) is 0 Å². The number of nitrogens with zero attached hydrogens (tertiary/aromatic N) is 3. The van der Waals surface area contributed by atoms with Crippen LogP contribution in [0.4, 0.5) is 11.4 Å². The number of aromatic nitrogens is 2. The number of H-pyrrole nitrogens is 1. The van der Waals surface area contributed by atoms with Gasteiger partial charge in [0.1, 0.15) is 11.4 Å².